The highest BCUT2D eigenvalue weighted by Crippen LogP contribution is 2.64. The average Bonchev–Trinajstić information content (AvgIpc) is 0.653. The van der Waals surface area contributed by atoms with Crippen molar-refractivity contribution in [2.24, 2.45) is 0 Å². The van der Waals surface area contributed by atoms with Gasteiger partial charge in [0.05, 0.1) is 0 Å². The third kappa shape index (κ3) is 6.16. The average molecular weight is 1190 g/mol. The molecule has 23 rings (SSSR count). The number of para-hydroxylation sites is 6. The van der Waals surface area contributed by atoms with E-state index < -0.39 is 35.3 Å². The van der Waals surface area contributed by atoms with E-state index >= 15 is 0 Å². The lowest BCUT2D eigenvalue weighted by atomic mass is 9.46. The van der Waals surface area contributed by atoms with Crippen LogP contribution in [0.15, 0.2) is 261 Å². The maximum atomic E-state index is 7.98. The van der Waals surface area contributed by atoms with Crippen LogP contribution in [0.4, 0.5) is 45.5 Å². The predicted octanol–water partition coefficient (Wildman–Crippen LogP) is 14.5. The van der Waals surface area contributed by atoms with Crippen molar-refractivity contribution in [3.8, 4) is 124 Å². The summed E-state index contributed by atoms with van der Waals surface area (Å²) in [5, 5.41) is 0. The van der Waals surface area contributed by atoms with Gasteiger partial charge in [0, 0.05) is 146 Å². The zero-order valence-corrected chi connectivity index (χ0v) is 49.5. The molecule has 10 nitrogen and oxygen atoms in total. The van der Waals surface area contributed by atoms with E-state index in [1.54, 1.807) is 0 Å². The molecule has 13 aromatic carbocycles. The van der Waals surface area contributed by atoms with E-state index in [0.717, 1.165) is 196 Å². The predicted molar refractivity (Wildman–Crippen MR) is 375 cm³/mol. The molecule has 426 valence electrons. The summed E-state index contributed by atoms with van der Waals surface area (Å²) in [4.78, 5) is 10.2. The molecule has 0 radical (unpaired) electrons. The van der Waals surface area contributed by atoms with E-state index in [0.29, 0.717) is 0 Å². The minimum Gasteiger partial charge on any atom is -0.537 e. The molecule has 93 heavy (non-hydrogen) atoms. The van der Waals surface area contributed by atoms with Gasteiger partial charge in [-0.3, -0.25) is 0 Å². The molecule has 10 heterocycles. The molecule has 15 heteroatoms. The molecule has 0 aliphatic carbocycles. The summed E-state index contributed by atoms with van der Waals surface area (Å²) in [6.45, 7) is -0.541. The third-order valence-corrected chi connectivity index (χ3v) is 20.9. The molecular weight excluding hydrogens is 1140 g/mol. The van der Waals surface area contributed by atoms with Crippen LogP contribution in [0.2, 0.25) is 0 Å². The van der Waals surface area contributed by atoms with Gasteiger partial charge in [0.15, 0.2) is 0 Å². The Labute approximate surface area is 536 Å². The van der Waals surface area contributed by atoms with Gasteiger partial charge in [-0.15, -0.1) is 0 Å². The zero-order valence-electron chi connectivity index (χ0n) is 49.5. The van der Waals surface area contributed by atoms with Crippen molar-refractivity contribution in [1.82, 2.24) is 0 Å². The van der Waals surface area contributed by atoms with E-state index in [2.05, 4.69) is 256 Å². The number of hydrogen-bond acceptors (Lipinski definition) is 10. The molecule has 13 aromatic rings. The first-order valence-corrected chi connectivity index (χ1v) is 31.9. The Morgan fingerprint density at radius 2 is 0.570 bits per heavy atom. The summed E-state index contributed by atoms with van der Waals surface area (Å²) in [5.74, 6) is 4.57. The van der Waals surface area contributed by atoms with E-state index in [-0.39, 0.29) is 0 Å². The van der Waals surface area contributed by atoms with Crippen LogP contribution in [0, 0.1) is 0 Å². The molecule has 0 aromatic heterocycles. The molecule has 0 amide bonds. The van der Waals surface area contributed by atoms with Gasteiger partial charge in [-0.1, -0.05) is 182 Å². The standard InChI is InChI=1S/C78H43B5N4O6/c1-5-21-44(22-6-1)48-29-13-17-33-54(48)86-56-41-57-67-69-59(43-65-73-71-63(40-38-53-51-32-16-20-36-61(51)91-83(93-65)75(53)71)89-81(78(69)73)87(57)55-34-18-14-30-49(55)45-23-7-2-8-24-45)85(47-27-11-4-12-28-47)79-76(67)66(56)68-58(84(79)46-25-9-3-10-26-46)42-64-72-70-62(88-80(86)77(68)72)39-37-52-50-31-15-19-35-60(50)90-82(92-64)74(52)70/h1-43H. The van der Waals surface area contributed by atoms with Crippen LogP contribution in [-0.2, 0) is 0 Å². The van der Waals surface area contributed by atoms with Crippen LogP contribution in [0.3, 0.4) is 0 Å². The number of hydrogen-bond donors (Lipinski definition) is 0. The molecule has 0 bridgehead atoms. The van der Waals surface area contributed by atoms with Gasteiger partial charge in [0.2, 0.25) is 0 Å². The van der Waals surface area contributed by atoms with Crippen molar-refractivity contribution in [1.29, 1.82) is 0 Å². The van der Waals surface area contributed by atoms with Gasteiger partial charge < -0.3 is 47.2 Å². The maximum Gasteiger partial charge on any atom is 0.634 e. The molecule has 10 aliphatic heterocycles. The zero-order chi connectivity index (χ0) is 60.1. The van der Waals surface area contributed by atoms with Crippen LogP contribution in [0.5, 0.6) is 34.5 Å². The maximum absolute atomic E-state index is 7.98. The molecule has 10 aliphatic rings. The van der Waals surface area contributed by atoms with Crippen LogP contribution in [0.25, 0.3) is 89.0 Å². The summed E-state index contributed by atoms with van der Waals surface area (Å²) in [6, 6.07) is 93.5. The lowest BCUT2D eigenvalue weighted by Crippen LogP contribution is -2.68. The molecule has 0 fully saturated rings. The fourth-order valence-corrected chi connectivity index (χ4v) is 17.4. The van der Waals surface area contributed by atoms with Gasteiger partial charge in [-0.25, -0.2) is 0 Å². The smallest absolute Gasteiger partial charge is 0.537 e. The minimum absolute atomic E-state index is 0.541. The van der Waals surface area contributed by atoms with Crippen molar-refractivity contribution >= 4 is 108 Å². The topological polar surface area (TPSA) is 68.3 Å². The number of rotatable bonds is 6. The first kappa shape index (κ1) is 49.0. The van der Waals surface area contributed by atoms with Gasteiger partial charge in [-0.2, -0.15) is 0 Å². The Balaban J connectivity index is 0.916. The quantitative estimate of drug-likeness (QED) is 0.150. The number of fused-ring (bicyclic) bond motifs is 4. The van der Waals surface area contributed by atoms with Crippen LogP contribution < -0.4 is 74.5 Å². The van der Waals surface area contributed by atoms with Crippen molar-refractivity contribution in [3.63, 3.8) is 0 Å². The van der Waals surface area contributed by atoms with E-state index in [1.807, 2.05) is 24.3 Å². The second kappa shape index (κ2) is 17.6. The molecule has 0 N–H and O–H groups in total. The Hall–Kier alpha value is -11.8. The minimum atomic E-state index is -0.737. The Kier molecular flexibility index (Phi) is 9.26. The highest BCUT2D eigenvalue weighted by atomic mass is 16.6. The summed E-state index contributed by atoms with van der Waals surface area (Å²) in [6.07, 6.45) is 0. The first-order chi connectivity index (χ1) is 46.2. The number of anilines is 8. The number of benzene rings is 13. The van der Waals surface area contributed by atoms with Crippen LogP contribution in [-0.4, -0.2) is 35.3 Å². The van der Waals surface area contributed by atoms with Crippen molar-refractivity contribution in [2.75, 3.05) is 19.2 Å². The SMILES string of the molecule is c1ccc(-c2ccccc2N2B3Oc4ccc5c6c4-c4c(cc7c(c43)-c3c2cc2c4c3B(N7c3ccccc3)N(c3ccccc3)c3cc7c8c(c3-4)B(Oc3ccc4c(c3-8)B(Oc3ccccc3-4)O7)N2c2ccccc2-c2ccccc2)OB6Oc2ccccc2-5)cc1. The summed E-state index contributed by atoms with van der Waals surface area (Å²) >= 11 is 0. The molecule has 0 unspecified atom stereocenters. The first-order valence-electron chi connectivity index (χ1n) is 31.9. The fourth-order valence-electron chi connectivity index (χ4n) is 17.4. The highest BCUT2D eigenvalue weighted by molar-refractivity contribution is 6.91. The van der Waals surface area contributed by atoms with Gasteiger partial charge in [0.1, 0.15) is 34.5 Å². The fraction of sp³-hybridized carbons (Fsp3) is 0. The van der Waals surface area contributed by atoms with Crippen LogP contribution >= 0.6 is 0 Å². The van der Waals surface area contributed by atoms with E-state index in [4.69, 9.17) is 27.9 Å². The molecule has 0 atom stereocenters. The second-order valence-corrected chi connectivity index (χ2v) is 25.4. The van der Waals surface area contributed by atoms with Crippen molar-refractivity contribution < 1.29 is 27.9 Å². The monoisotopic (exact) mass is 1190 g/mol. The van der Waals surface area contributed by atoms with Crippen molar-refractivity contribution in [3.05, 3.63) is 261 Å². The normalized spacial score (nSPS) is 15.0. The lowest BCUT2D eigenvalue weighted by molar-refractivity contribution is 0.434. The Morgan fingerprint density at radius 3 is 1.02 bits per heavy atom. The summed E-state index contributed by atoms with van der Waals surface area (Å²) in [7, 11) is -2.88. The summed E-state index contributed by atoms with van der Waals surface area (Å²) < 4.78 is 45.0. The van der Waals surface area contributed by atoms with E-state index in [9.17, 15) is 0 Å². The second-order valence-electron chi connectivity index (χ2n) is 25.4. The molecular formula is C78H43B5N4O6. The Morgan fingerprint density at radius 1 is 0.215 bits per heavy atom. The molecule has 0 saturated carbocycles. The Bertz CT molecular complexity index is 5240. The summed E-state index contributed by atoms with van der Waals surface area (Å²) in [5.41, 5.74) is 30.2. The molecule has 0 spiro atoms. The van der Waals surface area contributed by atoms with Crippen LogP contribution in [0.1, 0.15) is 0 Å². The molecule has 0 saturated heterocycles. The van der Waals surface area contributed by atoms with Gasteiger partial charge in [0.25, 0.3) is 0 Å². The van der Waals surface area contributed by atoms with E-state index in [1.165, 1.54) is 0 Å². The highest BCUT2D eigenvalue weighted by Gasteiger charge is 2.62. The van der Waals surface area contributed by atoms with Crippen molar-refractivity contribution in [2.45, 2.75) is 0 Å². The van der Waals surface area contributed by atoms with Gasteiger partial charge in [-0.05, 0) is 94.4 Å². The largest absolute Gasteiger partial charge is 0.634 e. The van der Waals surface area contributed by atoms with Gasteiger partial charge >= 0.3 is 35.3 Å². The third-order valence-electron chi connectivity index (χ3n) is 20.9. The number of nitrogens with zero attached hydrogens (tertiary/aromatic N) is 4. The lowest BCUT2D eigenvalue weighted by Gasteiger charge is -2.55.